The highest BCUT2D eigenvalue weighted by Crippen LogP contribution is 2.39. The number of methoxy groups -OCH3 is 1. The Morgan fingerprint density at radius 3 is 2.75 bits per heavy atom. The van der Waals surface area contributed by atoms with E-state index in [4.69, 9.17) is 20.4 Å². The monoisotopic (exact) mass is 645 g/mol. The second-order valence-corrected chi connectivity index (χ2v) is 13.9. The second kappa shape index (κ2) is 12.1. The number of aryl methyl sites for hydroxylation is 3. The molecule has 10 heteroatoms. The van der Waals surface area contributed by atoms with Crippen molar-refractivity contribution in [3.05, 3.63) is 77.0 Å². The zero-order valence-electron chi connectivity index (χ0n) is 27.9. The molecular formula is C38H43N7O3. The maximum atomic E-state index is 13.9. The van der Waals surface area contributed by atoms with Crippen LogP contribution >= 0.6 is 0 Å². The summed E-state index contributed by atoms with van der Waals surface area (Å²) in [7, 11) is 3.64. The van der Waals surface area contributed by atoms with Gasteiger partial charge in [-0.05, 0) is 93.3 Å². The van der Waals surface area contributed by atoms with E-state index < -0.39 is 0 Å². The number of hydrogen-bond acceptors (Lipinski definition) is 6. The number of pyridine rings is 1. The van der Waals surface area contributed by atoms with Gasteiger partial charge < -0.3 is 29.8 Å². The number of carbonyl (C=O) groups is 2. The predicted molar refractivity (Wildman–Crippen MR) is 186 cm³/mol. The van der Waals surface area contributed by atoms with E-state index in [1.165, 1.54) is 0 Å². The minimum absolute atomic E-state index is 0.00830. The second-order valence-electron chi connectivity index (χ2n) is 13.9. The van der Waals surface area contributed by atoms with Crippen LogP contribution in [0.5, 0.6) is 5.75 Å². The number of nitrogens with zero attached hydrogens (tertiary/aromatic N) is 5. The molecular weight excluding hydrogens is 602 g/mol. The Labute approximate surface area is 280 Å². The SMILES string of the molecule is COc1cc(C(=O)N2C[C@H](N)[C@@H]3CC[C@H]2C3)cc2nc(-c3cc4ccc5nc4n3CCCCCc3ccccc3C(=O)NC5C)n(C)c12. The first-order valence-corrected chi connectivity index (χ1v) is 17.3. The average molecular weight is 646 g/mol. The van der Waals surface area contributed by atoms with Gasteiger partial charge in [0.15, 0.2) is 5.82 Å². The number of carbonyl (C=O) groups excluding carboxylic acids is 2. The van der Waals surface area contributed by atoms with Gasteiger partial charge >= 0.3 is 0 Å². The lowest BCUT2D eigenvalue weighted by atomic mass is 9.94. The number of amides is 2. The summed E-state index contributed by atoms with van der Waals surface area (Å²) in [5.74, 6) is 1.83. The Morgan fingerprint density at radius 1 is 1.04 bits per heavy atom. The number of nitrogens with two attached hydrogens (primary N) is 1. The molecule has 1 saturated carbocycles. The molecule has 1 saturated heterocycles. The molecule has 2 amide bonds. The predicted octanol–water partition coefficient (Wildman–Crippen LogP) is 5.77. The van der Waals surface area contributed by atoms with Crippen LogP contribution in [0.1, 0.15) is 83.5 Å². The Kier molecular flexibility index (Phi) is 7.70. The molecule has 1 unspecified atom stereocenters. The van der Waals surface area contributed by atoms with Crippen LogP contribution in [-0.2, 0) is 20.0 Å². The van der Waals surface area contributed by atoms with Crippen molar-refractivity contribution in [2.45, 2.75) is 76.5 Å². The quantitative estimate of drug-likeness (QED) is 0.257. The number of piperidine rings is 1. The summed E-state index contributed by atoms with van der Waals surface area (Å²) in [5.41, 5.74) is 13.0. The summed E-state index contributed by atoms with van der Waals surface area (Å²) in [4.78, 5) is 39.5. The van der Waals surface area contributed by atoms with E-state index in [0.717, 1.165) is 96.4 Å². The minimum atomic E-state index is -0.273. The van der Waals surface area contributed by atoms with E-state index in [9.17, 15) is 9.59 Å². The normalized spacial score (nSPS) is 22.9. The Hall–Kier alpha value is -4.70. The van der Waals surface area contributed by atoms with Gasteiger partial charge in [0.05, 0.1) is 30.1 Å². The van der Waals surface area contributed by atoms with Crippen LogP contribution in [0.4, 0.5) is 0 Å². The molecule has 2 aliphatic heterocycles. The van der Waals surface area contributed by atoms with E-state index in [2.05, 4.69) is 32.7 Å². The Bertz CT molecular complexity index is 2060. The molecule has 48 heavy (non-hydrogen) atoms. The van der Waals surface area contributed by atoms with E-state index in [1.54, 1.807) is 7.11 Å². The van der Waals surface area contributed by atoms with Gasteiger partial charge in [-0.25, -0.2) is 9.97 Å². The van der Waals surface area contributed by atoms with E-state index in [1.807, 2.05) is 55.3 Å². The number of benzene rings is 2. The van der Waals surface area contributed by atoms with Crippen molar-refractivity contribution in [3.63, 3.8) is 0 Å². The summed E-state index contributed by atoms with van der Waals surface area (Å²) < 4.78 is 10.2. The number of hydrogen-bond donors (Lipinski definition) is 2. The maximum Gasteiger partial charge on any atom is 0.254 e. The van der Waals surface area contributed by atoms with Gasteiger partial charge in [0, 0.05) is 48.7 Å². The third kappa shape index (κ3) is 5.13. The summed E-state index contributed by atoms with van der Waals surface area (Å²) in [6, 6.07) is 17.9. The highest BCUT2D eigenvalue weighted by molar-refractivity contribution is 6.00. The topological polar surface area (TPSA) is 120 Å². The van der Waals surface area contributed by atoms with Crippen molar-refractivity contribution >= 4 is 33.9 Å². The number of rotatable bonds is 3. The van der Waals surface area contributed by atoms with Crippen LogP contribution in [-0.4, -0.2) is 61.6 Å². The highest BCUT2D eigenvalue weighted by Gasteiger charge is 2.41. The van der Waals surface area contributed by atoms with Gasteiger partial charge in [0.25, 0.3) is 11.8 Å². The molecule has 3 N–H and O–H groups in total. The van der Waals surface area contributed by atoms with Crippen molar-refractivity contribution in [1.29, 1.82) is 0 Å². The Balaban J connectivity index is 1.19. The lowest BCUT2D eigenvalue weighted by Crippen LogP contribution is -2.51. The van der Waals surface area contributed by atoms with Crippen molar-refractivity contribution in [3.8, 4) is 17.3 Å². The maximum absolute atomic E-state index is 13.9. The molecule has 0 spiro atoms. The number of likely N-dealkylation sites (tertiary alicyclic amines) is 1. The fourth-order valence-corrected chi connectivity index (χ4v) is 8.29. The standard InChI is InChI=1S/C38H43N7O3/c1-22-30-15-13-25-19-32(44(35(25)41-30)16-8-4-5-9-23-10-6-7-11-28(23)37(46)40-22)36-42-31-18-26(20-33(48-3)34(31)43(36)2)38(47)45-21-29(39)24-12-14-27(45)17-24/h6-7,10-11,13,15,18-20,22,24,27,29H,4-5,8-9,12,14,16-17,21,39H2,1-3H3,(H,40,46)/t22?,24-,27+,29+/m1/s1. The van der Waals surface area contributed by atoms with Crippen LogP contribution in [0, 0.1) is 5.92 Å². The zero-order valence-corrected chi connectivity index (χ0v) is 27.9. The molecule has 0 radical (unpaired) electrons. The molecule has 8 rings (SSSR count). The molecule has 4 atom stereocenters. The van der Waals surface area contributed by atoms with Crippen molar-refractivity contribution in [1.82, 2.24) is 29.3 Å². The third-order valence-electron chi connectivity index (χ3n) is 10.9. The molecule has 4 bridgehead atoms. The van der Waals surface area contributed by atoms with Gasteiger partial charge in [0.2, 0.25) is 0 Å². The summed E-state index contributed by atoms with van der Waals surface area (Å²) in [5, 5.41) is 4.19. The summed E-state index contributed by atoms with van der Waals surface area (Å²) in [6.07, 6.45) is 6.89. The molecule has 5 heterocycles. The van der Waals surface area contributed by atoms with Gasteiger partial charge in [-0.3, -0.25) is 9.59 Å². The van der Waals surface area contributed by atoms with Crippen LogP contribution in [0.3, 0.4) is 0 Å². The van der Waals surface area contributed by atoms with Crippen LogP contribution < -0.4 is 15.8 Å². The van der Waals surface area contributed by atoms with Crippen LogP contribution in [0.15, 0.2) is 54.6 Å². The largest absolute Gasteiger partial charge is 0.494 e. The first-order valence-electron chi connectivity index (χ1n) is 17.3. The lowest BCUT2D eigenvalue weighted by molar-refractivity contribution is 0.0603. The smallest absolute Gasteiger partial charge is 0.254 e. The number of aromatic nitrogens is 4. The number of imidazole rings is 1. The first kappa shape index (κ1) is 30.6. The van der Waals surface area contributed by atoms with Gasteiger partial charge in [0.1, 0.15) is 16.9 Å². The molecule has 10 nitrogen and oxygen atoms in total. The van der Waals surface area contributed by atoms with Crippen LogP contribution in [0.25, 0.3) is 33.6 Å². The molecule has 5 aromatic rings. The Morgan fingerprint density at radius 2 is 1.90 bits per heavy atom. The first-order chi connectivity index (χ1) is 23.3. The van der Waals surface area contributed by atoms with Crippen molar-refractivity contribution in [2.24, 2.45) is 18.7 Å². The highest BCUT2D eigenvalue weighted by atomic mass is 16.5. The van der Waals surface area contributed by atoms with Crippen LogP contribution in [0.2, 0.25) is 0 Å². The van der Waals surface area contributed by atoms with Crippen molar-refractivity contribution < 1.29 is 14.3 Å². The number of nitrogens with one attached hydrogen (secondary N) is 1. The van der Waals surface area contributed by atoms with Gasteiger partial charge in [-0.2, -0.15) is 0 Å². The van der Waals surface area contributed by atoms with Gasteiger partial charge in [-0.1, -0.05) is 24.6 Å². The summed E-state index contributed by atoms with van der Waals surface area (Å²) >= 11 is 0. The molecule has 3 aromatic heterocycles. The van der Waals surface area contributed by atoms with E-state index in [-0.39, 0.29) is 29.9 Å². The molecule has 3 aliphatic rings. The average Bonchev–Trinajstić information content (AvgIpc) is 3.79. The fraction of sp³-hybridized carbons (Fsp3) is 0.421. The van der Waals surface area contributed by atoms with E-state index in [0.29, 0.717) is 29.3 Å². The lowest BCUT2D eigenvalue weighted by Gasteiger charge is -2.37. The number of fused-ring (bicyclic) bond motifs is 5. The minimum Gasteiger partial charge on any atom is -0.494 e. The molecule has 248 valence electrons. The summed E-state index contributed by atoms with van der Waals surface area (Å²) in [6.45, 7) is 3.35. The fourth-order valence-electron chi connectivity index (χ4n) is 8.29. The number of ether oxygens (including phenoxy) is 1. The van der Waals surface area contributed by atoms with Crippen molar-refractivity contribution in [2.75, 3.05) is 13.7 Å². The zero-order chi connectivity index (χ0) is 33.1. The molecule has 2 fully saturated rings. The van der Waals surface area contributed by atoms with Gasteiger partial charge in [-0.15, -0.1) is 0 Å². The molecule has 1 aliphatic carbocycles. The molecule has 2 aromatic carbocycles. The third-order valence-corrected chi connectivity index (χ3v) is 10.9. The van der Waals surface area contributed by atoms with E-state index >= 15 is 0 Å².